The van der Waals surface area contributed by atoms with Crippen molar-refractivity contribution >= 4 is 15.9 Å². The van der Waals surface area contributed by atoms with Gasteiger partial charge in [0.05, 0.1) is 0 Å². The molecule has 0 spiro atoms. The van der Waals surface area contributed by atoms with Crippen molar-refractivity contribution in [2.75, 3.05) is 0 Å². The van der Waals surface area contributed by atoms with Crippen LogP contribution in [0.2, 0.25) is 0 Å². The zero-order valence-electron chi connectivity index (χ0n) is 12.2. The van der Waals surface area contributed by atoms with Crippen molar-refractivity contribution < 1.29 is 4.52 Å². The average molecular weight is 357 g/mol. The number of hydrogen-bond donors (Lipinski definition) is 0. The second-order valence-electron chi connectivity index (χ2n) is 5.25. The Labute approximate surface area is 138 Å². The predicted molar refractivity (Wildman–Crippen MR) is 89.7 cm³/mol. The number of hydrogen-bond acceptors (Lipinski definition) is 3. The Kier molecular flexibility index (Phi) is 5.01. The van der Waals surface area contributed by atoms with Crippen LogP contribution in [0.3, 0.4) is 0 Å². The maximum Gasteiger partial charge on any atom is 0.226 e. The van der Waals surface area contributed by atoms with Crippen LogP contribution in [0.15, 0.2) is 63.6 Å². The fraction of sp³-hybridized carbons (Fsp3) is 0.222. The molecule has 0 saturated heterocycles. The molecule has 0 aliphatic heterocycles. The summed E-state index contributed by atoms with van der Waals surface area (Å²) < 4.78 is 6.40. The van der Waals surface area contributed by atoms with Crippen molar-refractivity contribution in [1.29, 1.82) is 0 Å². The van der Waals surface area contributed by atoms with Crippen molar-refractivity contribution in [3.8, 4) is 0 Å². The second kappa shape index (κ2) is 7.36. The van der Waals surface area contributed by atoms with Crippen LogP contribution in [0.25, 0.3) is 0 Å². The van der Waals surface area contributed by atoms with E-state index in [9.17, 15) is 0 Å². The van der Waals surface area contributed by atoms with Gasteiger partial charge in [0.25, 0.3) is 0 Å². The largest absolute Gasteiger partial charge is 0.339 e. The van der Waals surface area contributed by atoms with E-state index in [2.05, 4.69) is 62.5 Å². The molecule has 0 saturated carbocycles. The lowest BCUT2D eigenvalue weighted by molar-refractivity contribution is 0.371. The standard InChI is InChI=1S/C18H17BrN2O/c19-16-11-9-15(10-12-16)13-17-20-18(22-21-17)8-4-7-14-5-2-1-3-6-14/h1-3,5-6,9-12H,4,7-8,13H2. The molecule has 0 bridgehead atoms. The first-order valence-electron chi connectivity index (χ1n) is 7.39. The fourth-order valence-electron chi connectivity index (χ4n) is 2.34. The lowest BCUT2D eigenvalue weighted by Gasteiger charge is -1.98. The smallest absolute Gasteiger partial charge is 0.226 e. The number of rotatable bonds is 6. The van der Waals surface area contributed by atoms with E-state index in [1.54, 1.807) is 0 Å². The third kappa shape index (κ3) is 4.28. The van der Waals surface area contributed by atoms with Gasteiger partial charge in [0.1, 0.15) is 0 Å². The molecule has 0 aliphatic rings. The van der Waals surface area contributed by atoms with E-state index in [1.165, 1.54) is 11.1 Å². The van der Waals surface area contributed by atoms with Crippen LogP contribution in [-0.4, -0.2) is 10.1 Å². The van der Waals surface area contributed by atoms with Gasteiger partial charge in [-0.05, 0) is 36.1 Å². The molecular weight excluding hydrogens is 340 g/mol. The first-order valence-corrected chi connectivity index (χ1v) is 8.19. The van der Waals surface area contributed by atoms with Gasteiger partial charge in [-0.15, -0.1) is 0 Å². The summed E-state index contributed by atoms with van der Waals surface area (Å²) in [5, 5.41) is 4.06. The molecular formula is C18H17BrN2O. The van der Waals surface area contributed by atoms with E-state index in [0.717, 1.165) is 35.5 Å². The maximum absolute atomic E-state index is 5.33. The van der Waals surface area contributed by atoms with Crippen molar-refractivity contribution in [3.63, 3.8) is 0 Å². The molecule has 0 atom stereocenters. The van der Waals surface area contributed by atoms with Crippen LogP contribution >= 0.6 is 15.9 Å². The number of aromatic nitrogens is 2. The van der Waals surface area contributed by atoms with Crippen molar-refractivity contribution in [2.24, 2.45) is 0 Å². The SMILES string of the molecule is Brc1ccc(Cc2noc(CCCc3ccccc3)n2)cc1. The topological polar surface area (TPSA) is 38.9 Å². The Morgan fingerprint density at radius 1 is 0.864 bits per heavy atom. The Hall–Kier alpha value is -1.94. The highest BCUT2D eigenvalue weighted by atomic mass is 79.9. The molecule has 3 aromatic rings. The Balaban J connectivity index is 1.51. The summed E-state index contributed by atoms with van der Waals surface area (Å²) >= 11 is 3.43. The van der Waals surface area contributed by atoms with E-state index in [4.69, 9.17) is 4.52 Å². The highest BCUT2D eigenvalue weighted by Gasteiger charge is 2.07. The van der Waals surface area contributed by atoms with E-state index in [1.807, 2.05) is 18.2 Å². The quantitative estimate of drug-likeness (QED) is 0.647. The molecule has 2 aromatic carbocycles. The first kappa shape index (κ1) is 15.0. The molecule has 112 valence electrons. The Morgan fingerprint density at radius 2 is 1.64 bits per heavy atom. The highest BCUT2D eigenvalue weighted by molar-refractivity contribution is 9.10. The normalized spacial score (nSPS) is 10.8. The minimum atomic E-state index is 0.704. The van der Waals surface area contributed by atoms with Gasteiger partial charge in [-0.1, -0.05) is 63.6 Å². The van der Waals surface area contributed by atoms with Gasteiger partial charge in [0, 0.05) is 17.3 Å². The van der Waals surface area contributed by atoms with E-state index < -0.39 is 0 Å². The summed E-state index contributed by atoms with van der Waals surface area (Å²) in [7, 11) is 0. The molecule has 22 heavy (non-hydrogen) atoms. The number of nitrogens with zero attached hydrogens (tertiary/aromatic N) is 2. The van der Waals surface area contributed by atoms with Crippen molar-refractivity contribution in [1.82, 2.24) is 10.1 Å². The minimum absolute atomic E-state index is 0.704. The molecule has 0 amide bonds. The van der Waals surface area contributed by atoms with Gasteiger partial charge in [0.2, 0.25) is 5.89 Å². The lowest BCUT2D eigenvalue weighted by Crippen LogP contribution is -1.93. The highest BCUT2D eigenvalue weighted by Crippen LogP contribution is 2.13. The van der Waals surface area contributed by atoms with Gasteiger partial charge in [0.15, 0.2) is 5.82 Å². The predicted octanol–water partition coefficient (Wildman–Crippen LogP) is 4.60. The van der Waals surface area contributed by atoms with E-state index in [-0.39, 0.29) is 0 Å². The van der Waals surface area contributed by atoms with Crippen molar-refractivity contribution in [2.45, 2.75) is 25.7 Å². The summed E-state index contributed by atoms with van der Waals surface area (Å²) in [6.07, 6.45) is 3.58. The van der Waals surface area contributed by atoms with Crippen LogP contribution in [-0.2, 0) is 19.3 Å². The van der Waals surface area contributed by atoms with Crippen LogP contribution in [0, 0.1) is 0 Å². The molecule has 0 radical (unpaired) electrons. The Bertz CT molecular complexity index is 707. The summed E-state index contributed by atoms with van der Waals surface area (Å²) in [6.45, 7) is 0. The monoisotopic (exact) mass is 356 g/mol. The summed E-state index contributed by atoms with van der Waals surface area (Å²) in [6, 6.07) is 18.6. The molecule has 3 rings (SSSR count). The van der Waals surface area contributed by atoms with Crippen LogP contribution in [0.4, 0.5) is 0 Å². The molecule has 1 aromatic heterocycles. The number of halogens is 1. The van der Waals surface area contributed by atoms with Gasteiger partial charge >= 0.3 is 0 Å². The van der Waals surface area contributed by atoms with Gasteiger partial charge in [-0.3, -0.25) is 0 Å². The van der Waals surface area contributed by atoms with E-state index in [0.29, 0.717) is 6.42 Å². The Morgan fingerprint density at radius 3 is 2.41 bits per heavy atom. The van der Waals surface area contributed by atoms with Crippen LogP contribution < -0.4 is 0 Å². The molecule has 0 unspecified atom stereocenters. The molecule has 3 nitrogen and oxygen atoms in total. The summed E-state index contributed by atoms with van der Waals surface area (Å²) in [4.78, 5) is 4.47. The number of benzene rings is 2. The van der Waals surface area contributed by atoms with Gasteiger partial charge < -0.3 is 4.52 Å². The minimum Gasteiger partial charge on any atom is -0.339 e. The van der Waals surface area contributed by atoms with E-state index >= 15 is 0 Å². The molecule has 4 heteroatoms. The van der Waals surface area contributed by atoms with Crippen LogP contribution in [0.5, 0.6) is 0 Å². The molecule has 0 fully saturated rings. The zero-order chi connectivity index (χ0) is 15.2. The van der Waals surface area contributed by atoms with Crippen LogP contribution in [0.1, 0.15) is 29.3 Å². The van der Waals surface area contributed by atoms with Gasteiger partial charge in [-0.2, -0.15) is 4.98 Å². The average Bonchev–Trinajstić information content (AvgIpc) is 2.98. The summed E-state index contributed by atoms with van der Waals surface area (Å²) in [5.74, 6) is 1.47. The molecule has 0 aliphatic carbocycles. The summed E-state index contributed by atoms with van der Waals surface area (Å²) in [5.41, 5.74) is 2.52. The molecule has 1 heterocycles. The first-order chi connectivity index (χ1) is 10.8. The lowest BCUT2D eigenvalue weighted by atomic mass is 10.1. The second-order valence-corrected chi connectivity index (χ2v) is 6.16. The third-order valence-corrected chi connectivity index (χ3v) is 4.01. The molecule has 0 N–H and O–H groups in total. The number of aryl methyl sites for hydroxylation is 2. The van der Waals surface area contributed by atoms with Gasteiger partial charge in [-0.25, -0.2) is 0 Å². The maximum atomic E-state index is 5.33. The zero-order valence-corrected chi connectivity index (χ0v) is 13.8. The fourth-order valence-corrected chi connectivity index (χ4v) is 2.60. The third-order valence-electron chi connectivity index (χ3n) is 3.48. The van der Waals surface area contributed by atoms with Crippen molar-refractivity contribution in [3.05, 3.63) is 81.9 Å².